The second kappa shape index (κ2) is 14.8. The van der Waals surface area contributed by atoms with Crippen molar-refractivity contribution in [1.29, 1.82) is 0 Å². The van der Waals surface area contributed by atoms with E-state index in [9.17, 15) is 0 Å². The van der Waals surface area contributed by atoms with Gasteiger partial charge < -0.3 is 9.38 Å². The van der Waals surface area contributed by atoms with Gasteiger partial charge in [-0.25, -0.2) is 0 Å². The van der Waals surface area contributed by atoms with Gasteiger partial charge in [-0.05, 0) is 195 Å². The van der Waals surface area contributed by atoms with Gasteiger partial charge in [0.1, 0.15) is 0 Å². The lowest BCUT2D eigenvalue weighted by Crippen LogP contribution is -2.56. The summed E-state index contributed by atoms with van der Waals surface area (Å²) in [5.41, 5.74) is 23.7. The maximum atomic E-state index is 2.88. The molecule has 0 saturated heterocycles. The Hall–Kier alpha value is -5.54. The molecule has 350 valence electrons. The minimum absolute atomic E-state index is 0.0157. The quantitative estimate of drug-likeness (QED) is 0.160. The van der Waals surface area contributed by atoms with Gasteiger partial charge in [-0.3, -0.25) is 0 Å². The molecule has 2 aliphatic heterocycles. The summed E-state index contributed by atoms with van der Waals surface area (Å²) in [4.78, 5) is 2.77. The van der Waals surface area contributed by atoms with Gasteiger partial charge in [0.15, 0.2) is 0 Å². The normalized spacial score (nSPS) is 25.7. The van der Waals surface area contributed by atoms with E-state index in [0.29, 0.717) is 5.41 Å². The van der Waals surface area contributed by atoms with E-state index in [-0.39, 0.29) is 23.1 Å². The van der Waals surface area contributed by atoms with E-state index in [0.717, 1.165) is 11.8 Å². The summed E-state index contributed by atoms with van der Waals surface area (Å²) >= 11 is 0. The van der Waals surface area contributed by atoms with Crippen LogP contribution in [0.2, 0.25) is 0 Å². The average Bonchev–Trinajstić information content (AvgIpc) is 3.70. The first-order chi connectivity index (χ1) is 34.0. The van der Waals surface area contributed by atoms with Gasteiger partial charge in [0.05, 0.1) is 5.69 Å². The second-order valence-corrected chi connectivity index (χ2v) is 25.5. The van der Waals surface area contributed by atoms with Crippen LogP contribution >= 0.6 is 0 Å². The molecule has 7 aromatic carbocycles. The smallest absolute Gasteiger partial charge is 0.333 e. The number of rotatable bonds is 4. The van der Waals surface area contributed by atoms with Crippen LogP contribution in [0.5, 0.6) is 0 Å². The van der Waals surface area contributed by atoms with Crippen molar-refractivity contribution in [2.45, 2.75) is 159 Å². The zero-order valence-corrected chi connectivity index (χ0v) is 42.5. The standard InChI is InChI=1S/C67H69BN2/c1-42-33-55-56(65(4,5)32-31-64(55,2)3)39-59(42)69-60-35-47(45-19-7-6-8-20-45)34-52-54-38-49(67-29-13-17-44(41-67)18-14-30-67)37-53-51-36-48(66-27-11-15-43(40-66)16-12-28-66)24-26-58(51)70(62(53)54)68(61(52)60)57-25-23-46-21-9-10-22-50(46)63(57)69/h6-10,19-26,33-39,43-44H,11-18,27-32,40-41H2,1-5H3. The molecule has 1 aromatic heterocycles. The Labute approximate surface area is 417 Å². The van der Waals surface area contributed by atoms with E-state index in [1.54, 1.807) is 11.1 Å². The molecule has 70 heavy (non-hydrogen) atoms. The van der Waals surface area contributed by atoms with Gasteiger partial charge in [0, 0.05) is 44.1 Å². The Balaban J connectivity index is 1.08. The lowest BCUT2D eigenvalue weighted by atomic mass is 9.44. The maximum Gasteiger partial charge on any atom is 0.333 e. The van der Waals surface area contributed by atoms with Crippen molar-refractivity contribution in [2.24, 2.45) is 11.8 Å². The maximum absolute atomic E-state index is 2.88. The number of hydrogen-bond donors (Lipinski definition) is 0. The molecular weight excluding hydrogens is 844 g/mol. The second-order valence-electron chi connectivity index (χ2n) is 25.5. The zero-order valence-electron chi connectivity index (χ0n) is 42.5. The van der Waals surface area contributed by atoms with Gasteiger partial charge in [0.25, 0.3) is 0 Å². The molecule has 0 amide bonds. The van der Waals surface area contributed by atoms with Crippen molar-refractivity contribution in [3.8, 4) is 22.3 Å². The van der Waals surface area contributed by atoms with Crippen LogP contribution in [0.3, 0.4) is 0 Å². The summed E-state index contributed by atoms with van der Waals surface area (Å²) in [6.07, 6.45) is 21.7. The number of fused-ring (bicyclic) bond motifs is 14. The first-order valence-corrected chi connectivity index (χ1v) is 27.8. The predicted octanol–water partition coefficient (Wildman–Crippen LogP) is 16.9. The summed E-state index contributed by atoms with van der Waals surface area (Å²) in [5, 5.41) is 5.63. The molecular formula is C67H69BN2. The Morgan fingerprint density at radius 3 is 1.87 bits per heavy atom. The van der Waals surface area contributed by atoms with E-state index in [1.165, 1.54) is 202 Å². The van der Waals surface area contributed by atoms with E-state index in [4.69, 9.17) is 0 Å². The number of aryl methyl sites for hydroxylation is 1. The lowest BCUT2D eigenvalue weighted by molar-refractivity contribution is 0.149. The zero-order chi connectivity index (χ0) is 46.9. The topological polar surface area (TPSA) is 8.17 Å². The number of hydrogen-bond acceptors (Lipinski definition) is 1. The highest BCUT2D eigenvalue weighted by Crippen LogP contribution is 2.57. The van der Waals surface area contributed by atoms with Gasteiger partial charge in [-0.2, -0.15) is 0 Å². The average molecular weight is 913 g/mol. The first kappa shape index (κ1) is 42.2. The van der Waals surface area contributed by atoms with Crippen LogP contribution in [-0.4, -0.2) is 11.3 Å². The minimum Gasteiger partial charge on any atom is -0.375 e. The Kier molecular flexibility index (Phi) is 8.90. The van der Waals surface area contributed by atoms with Gasteiger partial charge in [-0.1, -0.05) is 158 Å². The summed E-state index contributed by atoms with van der Waals surface area (Å²) in [5.74, 6) is 1.75. The summed E-state index contributed by atoms with van der Waals surface area (Å²) in [7, 11) is 0. The van der Waals surface area contributed by atoms with Crippen LogP contribution in [0, 0.1) is 18.8 Å². The highest BCUT2D eigenvalue weighted by atomic mass is 15.2. The van der Waals surface area contributed by atoms with Crippen LogP contribution in [0.25, 0.3) is 54.8 Å². The van der Waals surface area contributed by atoms with Crippen LogP contribution in [-0.2, 0) is 21.7 Å². The fourth-order valence-electron chi connectivity index (χ4n) is 17.1. The molecule has 0 radical (unpaired) electrons. The molecule has 4 bridgehead atoms. The van der Waals surface area contributed by atoms with Gasteiger partial charge in [-0.15, -0.1) is 0 Å². The van der Waals surface area contributed by atoms with Crippen LogP contribution < -0.4 is 15.8 Å². The molecule has 0 atom stereocenters. The first-order valence-electron chi connectivity index (χ1n) is 27.8. The molecule has 4 saturated carbocycles. The van der Waals surface area contributed by atoms with E-state index in [1.807, 2.05) is 0 Å². The Morgan fingerprint density at radius 1 is 0.514 bits per heavy atom. The van der Waals surface area contributed by atoms with E-state index in [2.05, 4.69) is 165 Å². The third-order valence-corrected chi connectivity index (χ3v) is 20.7. The van der Waals surface area contributed by atoms with Crippen LogP contribution in [0.4, 0.5) is 17.1 Å². The largest absolute Gasteiger partial charge is 0.375 e. The van der Waals surface area contributed by atoms with E-state index < -0.39 is 0 Å². The SMILES string of the molecule is Cc1cc2c(cc1N1c3cc(-c4ccccc4)cc4c3B(c3ccc5ccccc5c31)n1c3ccc(C56CCCC(CCC5)C6)cc3c3cc(C56CCCC(CCC5)C6)cc-4c31)C(C)(C)CCC2(C)C. The summed E-state index contributed by atoms with van der Waals surface area (Å²) < 4.78 is 2.88. The van der Waals surface area contributed by atoms with Gasteiger partial charge >= 0.3 is 6.85 Å². The lowest BCUT2D eigenvalue weighted by Gasteiger charge is -2.46. The molecule has 5 aliphatic carbocycles. The molecule has 8 aromatic rings. The van der Waals surface area contributed by atoms with Crippen LogP contribution in [0.15, 0.2) is 121 Å². The highest BCUT2D eigenvalue weighted by Gasteiger charge is 2.48. The molecule has 2 nitrogen and oxygen atoms in total. The van der Waals surface area contributed by atoms with Crippen molar-refractivity contribution in [3.63, 3.8) is 0 Å². The minimum atomic E-state index is 0.0157. The monoisotopic (exact) mass is 913 g/mol. The highest BCUT2D eigenvalue weighted by molar-refractivity contribution is 6.90. The van der Waals surface area contributed by atoms with E-state index >= 15 is 0 Å². The van der Waals surface area contributed by atoms with Crippen molar-refractivity contribution >= 4 is 67.4 Å². The number of aromatic nitrogens is 1. The molecule has 15 rings (SSSR count). The van der Waals surface area contributed by atoms with Crippen molar-refractivity contribution < 1.29 is 0 Å². The molecule has 0 unspecified atom stereocenters. The molecule has 3 heterocycles. The van der Waals surface area contributed by atoms with Crippen molar-refractivity contribution in [3.05, 3.63) is 149 Å². The predicted molar refractivity (Wildman–Crippen MR) is 298 cm³/mol. The fourth-order valence-corrected chi connectivity index (χ4v) is 17.1. The Bertz CT molecular complexity index is 3490. The fraction of sp³-hybridized carbons (Fsp3) is 0.403. The van der Waals surface area contributed by atoms with Crippen molar-refractivity contribution in [1.82, 2.24) is 4.48 Å². The number of benzene rings is 7. The molecule has 0 N–H and O–H groups in total. The van der Waals surface area contributed by atoms with Crippen LogP contribution in [0.1, 0.15) is 158 Å². The molecule has 7 aliphatic rings. The molecule has 0 spiro atoms. The Morgan fingerprint density at radius 2 is 1.16 bits per heavy atom. The van der Waals surface area contributed by atoms with Crippen molar-refractivity contribution in [2.75, 3.05) is 4.90 Å². The molecule has 4 fully saturated rings. The van der Waals surface area contributed by atoms with Gasteiger partial charge in [0.2, 0.25) is 0 Å². The summed E-state index contributed by atoms with van der Waals surface area (Å²) in [6.45, 7) is 12.4. The summed E-state index contributed by atoms with van der Waals surface area (Å²) in [6, 6.07) is 49.6. The number of nitrogens with zero attached hydrogens (tertiary/aromatic N) is 2. The number of anilines is 3. The molecule has 3 heteroatoms. The third kappa shape index (κ3) is 5.87. The third-order valence-electron chi connectivity index (χ3n) is 20.7.